The van der Waals surface area contributed by atoms with Gasteiger partial charge in [0.15, 0.2) is 0 Å². The molecule has 0 bridgehead atoms. The van der Waals surface area contributed by atoms with Gasteiger partial charge < -0.3 is 24.8 Å². The molecule has 0 aromatic carbocycles. The van der Waals surface area contributed by atoms with Crippen molar-refractivity contribution < 1.29 is 23.8 Å². The number of carbonyl (C=O) groups is 2. The van der Waals surface area contributed by atoms with Crippen molar-refractivity contribution in [1.82, 2.24) is 20.6 Å². The Kier molecular flexibility index (Phi) is 10.8. The zero-order valence-corrected chi connectivity index (χ0v) is 27.0. The molecule has 2 aliphatic carbocycles. The first-order valence-corrected chi connectivity index (χ1v) is 15.1. The second kappa shape index (κ2) is 13.7. The maximum Gasteiger partial charge on any atom is 0.407 e. The van der Waals surface area contributed by atoms with E-state index in [1.54, 1.807) is 19.4 Å². The van der Waals surface area contributed by atoms with Crippen molar-refractivity contribution in [3.8, 4) is 12.5 Å². The SMILES string of the molecule is Cc1nc(NC(=O)NC2CC(C)(C)CC(C)(COC#N)C2)[nH]c(=O)c1CCOC(=O)NC1CC(C)(C)CC(C)(COC#N)C1. The summed E-state index contributed by atoms with van der Waals surface area (Å²) in [6.45, 7) is 14.8. The number of anilines is 1. The maximum atomic E-state index is 12.8. The summed E-state index contributed by atoms with van der Waals surface area (Å²) in [6.07, 6.45) is 7.60. The molecule has 4 atom stereocenters. The minimum atomic E-state index is -0.575. The molecule has 2 aliphatic rings. The van der Waals surface area contributed by atoms with Crippen LogP contribution in [0.25, 0.3) is 0 Å². The molecule has 0 saturated heterocycles. The minimum Gasteiger partial charge on any atom is -0.449 e. The van der Waals surface area contributed by atoms with E-state index in [-0.39, 0.29) is 59.3 Å². The number of aromatic amines is 1. The van der Waals surface area contributed by atoms with Crippen molar-refractivity contribution >= 4 is 18.1 Å². The second-order valence-electron chi connectivity index (χ2n) is 14.9. The third kappa shape index (κ3) is 10.0. The zero-order valence-electron chi connectivity index (χ0n) is 27.0. The second-order valence-corrected chi connectivity index (χ2v) is 14.9. The van der Waals surface area contributed by atoms with Gasteiger partial charge in [-0.3, -0.25) is 15.1 Å². The van der Waals surface area contributed by atoms with Gasteiger partial charge >= 0.3 is 12.1 Å². The summed E-state index contributed by atoms with van der Waals surface area (Å²) in [5.41, 5.74) is -0.291. The average molecular weight is 614 g/mol. The number of carbonyl (C=O) groups excluding carboxylic acids is 2. The first kappa shape index (κ1) is 34.5. The average Bonchev–Trinajstić information content (AvgIpc) is 2.85. The number of hydrogen-bond acceptors (Lipinski definition) is 9. The van der Waals surface area contributed by atoms with E-state index >= 15 is 0 Å². The minimum absolute atomic E-state index is 0.0152. The summed E-state index contributed by atoms with van der Waals surface area (Å²) in [4.78, 5) is 45.2. The highest BCUT2D eigenvalue weighted by molar-refractivity contribution is 5.87. The summed E-state index contributed by atoms with van der Waals surface area (Å²) in [5, 5.41) is 26.2. The van der Waals surface area contributed by atoms with Crippen molar-refractivity contribution in [3.05, 3.63) is 21.6 Å². The van der Waals surface area contributed by atoms with E-state index in [9.17, 15) is 14.4 Å². The lowest BCUT2D eigenvalue weighted by atomic mass is 9.63. The van der Waals surface area contributed by atoms with Gasteiger partial charge in [0.05, 0.1) is 12.3 Å². The van der Waals surface area contributed by atoms with Gasteiger partial charge in [-0.2, -0.15) is 10.5 Å². The molecule has 1 aromatic heterocycles. The van der Waals surface area contributed by atoms with Crippen LogP contribution in [0.15, 0.2) is 4.79 Å². The van der Waals surface area contributed by atoms with E-state index in [1.165, 1.54) is 0 Å². The number of nitrogens with zero attached hydrogens (tertiary/aromatic N) is 3. The van der Waals surface area contributed by atoms with Gasteiger partial charge in [0.25, 0.3) is 18.1 Å². The van der Waals surface area contributed by atoms with Crippen LogP contribution in [-0.4, -0.2) is 54.0 Å². The van der Waals surface area contributed by atoms with Crippen LogP contribution in [0.5, 0.6) is 0 Å². The number of alkyl carbamates (subject to hydrolysis) is 1. The topological polar surface area (TPSA) is 191 Å². The quantitative estimate of drug-likeness (QED) is 0.272. The number of urea groups is 1. The van der Waals surface area contributed by atoms with E-state index < -0.39 is 17.7 Å². The van der Waals surface area contributed by atoms with E-state index in [1.807, 2.05) is 6.92 Å². The smallest absolute Gasteiger partial charge is 0.407 e. The molecule has 3 amide bonds. The van der Waals surface area contributed by atoms with Crippen molar-refractivity contribution in [2.75, 3.05) is 25.1 Å². The van der Waals surface area contributed by atoms with Crippen LogP contribution in [0.3, 0.4) is 0 Å². The number of amides is 3. The maximum absolute atomic E-state index is 12.8. The lowest BCUT2D eigenvalue weighted by molar-refractivity contribution is 0.0196. The number of aryl methyl sites for hydroxylation is 1. The molecule has 0 radical (unpaired) electrons. The Morgan fingerprint density at radius 2 is 1.43 bits per heavy atom. The Balaban J connectivity index is 1.52. The Morgan fingerprint density at radius 1 is 0.909 bits per heavy atom. The van der Waals surface area contributed by atoms with Gasteiger partial charge in [-0.15, -0.1) is 0 Å². The molecule has 13 heteroatoms. The number of hydrogen-bond donors (Lipinski definition) is 4. The fraction of sp³-hybridized carbons (Fsp3) is 0.742. The third-order valence-electron chi connectivity index (χ3n) is 8.55. The molecule has 3 rings (SSSR count). The molecule has 2 saturated carbocycles. The van der Waals surface area contributed by atoms with Crippen LogP contribution in [0, 0.1) is 51.6 Å². The Bertz CT molecular complexity index is 1350. The molecule has 0 spiro atoms. The first-order chi connectivity index (χ1) is 20.5. The molecular weight excluding hydrogens is 566 g/mol. The van der Waals surface area contributed by atoms with Crippen LogP contribution in [0.2, 0.25) is 0 Å². The van der Waals surface area contributed by atoms with Crippen LogP contribution in [0.1, 0.15) is 91.3 Å². The van der Waals surface area contributed by atoms with E-state index in [2.05, 4.69) is 60.5 Å². The van der Waals surface area contributed by atoms with E-state index in [4.69, 9.17) is 24.7 Å². The highest BCUT2D eigenvalue weighted by atomic mass is 16.5. The van der Waals surface area contributed by atoms with Gasteiger partial charge in [-0.05, 0) is 56.3 Å². The largest absolute Gasteiger partial charge is 0.449 e. The normalized spacial score (nSPS) is 27.1. The van der Waals surface area contributed by atoms with Crippen molar-refractivity contribution in [3.63, 3.8) is 0 Å². The molecule has 4 N–H and O–H groups in total. The van der Waals surface area contributed by atoms with Gasteiger partial charge in [0, 0.05) is 34.9 Å². The molecule has 2 fully saturated rings. The van der Waals surface area contributed by atoms with E-state index in [0.29, 0.717) is 30.7 Å². The van der Waals surface area contributed by atoms with Crippen LogP contribution >= 0.6 is 0 Å². The van der Waals surface area contributed by atoms with Gasteiger partial charge in [-0.25, -0.2) is 14.6 Å². The number of nitrogens with one attached hydrogen (secondary N) is 4. The lowest BCUT2D eigenvalue weighted by Crippen LogP contribution is -2.49. The van der Waals surface area contributed by atoms with Crippen LogP contribution in [-0.2, 0) is 20.6 Å². The summed E-state index contributed by atoms with van der Waals surface area (Å²) < 4.78 is 15.5. The van der Waals surface area contributed by atoms with Crippen LogP contribution < -0.4 is 21.5 Å². The summed E-state index contributed by atoms with van der Waals surface area (Å²) >= 11 is 0. The lowest BCUT2D eigenvalue weighted by Gasteiger charge is -2.46. The third-order valence-corrected chi connectivity index (χ3v) is 8.55. The molecule has 44 heavy (non-hydrogen) atoms. The van der Waals surface area contributed by atoms with Crippen molar-refractivity contribution in [2.45, 2.75) is 105 Å². The predicted octanol–water partition coefficient (Wildman–Crippen LogP) is 4.63. The van der Waals surface area contributed by atoms with E-state index in [0.717, 1.165) is 25.7 Å². The zero-order chi connectivity index (χ0) is 32.8. The highest BCUT2D eigenvalue weighted by Crippen LogP contribution is 2.47. The number of nitriles is 2. The van der Waals surface area contributed by atoms with Gasteiger partial charge in [0.2, 0.25) is 5.95 Å². The highest BCUT2D eigenvalue weighted by Gasteiger charge is 2.43. The number of H-pyrrole nitrogens is 1. The summed E-state index contributed by atoms with van der Waals surface area (Å²) in [7, 11) is 0. The molecule has 4 unspecified atom stereocenters. The Hall–Kier alpha value is -4.00. The monoisotopic (exact) mass is 613 g/mol. The molecule has 242 valence electrons. The summed E-state index contributed by atoms with van der Waals surface area (Å²) in [6, 6.07) is -0.783. The number of aromatic nitrogens is 2. The first-order valence-electron chi connectivity index (χ1n) is 15.1. The molecule has 0 aliphatic heterocycles. The van der Waals surface area contributed by atoms with Crippen molar-refractivity contribution in [2.24, 2.45) is 21.7 Å². The standard InChI is InChI=1S/C31H47N7O6/c1-20-23(8-9-44-27(41)36-22-11-29(4,5)15-31(7,13-22)17-43-19-33)24(39)37-25(34-20)38-26(40)35-21-10-28(2,3)14-30(6,12-21)16-42-18-32/h21-22H,8-17H2,1-7H3,(H,36,41)(H3,34,35,37,38,39,40). The molecule has 1 aromatic rings. The Morgan fingerprint density at radius 3 is 1.93 bits per heavy atom. The Labute approximate surface area is 259 Å². The predicted molar refractivity (Wildman–Crippen MR) is 162 cm³/mol. The molecular formula is C31H47N7O6. The number of rotatable bonds is 10. The fourth-order valence-electron chi connectivity index (χ4n) is 7.85. The molecule has 13 nitrogen and oxygen atoms in total. The van der Waals surface area contributed by atoms with Crippen LogP contribution in [0.4, 0.5) is 15.5 Å². The number of ether oxygens (including phenoxy) is 3. The molecule has 1 heterocycles. The van der Waals surface area contributed by atoms with Gasteiger partial charge in [0.1, 0.15) is 13.2 Å². The fourth-order valence-corrected chi connectivity index (χ4v) is 7.85. The van der Waals surface area contributed by atoms with Gasteiger partial charge in [-0.1, -0.05) is 41.5 Å². The van der Waals surface area contributed by atoms with Crippen molar-refractivity contribution in [1.29, 1.82) is 10.5 Å². The summed E-state index contributed by atoms with van der Waals surface area (Å²) in [5.74, 6) is 0.0152.